The van der Waals surface area contributed by atoms with Crippen molar-refractivity contribution in [2.24, 2.45) is 0 Å². The normalized spacial score (nSPS) is 19.2. The Kier molecular flexibility index (Phi) is 7.09. The van der Waals surface area contributed by atoms with Gasteiger partial charge in [0.25, 0.3) is 5.56 Å². The van der Waals surface area contributed by atoms with Gasteiger partial charge in [-0.2, -0.15) is 31.4 Å². The van der Waals surface area contributed by atoms with Gasteiger partial charge in [-0.1, -0.05) is 0 Å². The highest BCUT2D eigenvalue weighted by molar-refractivity contribution is 5.76. The van der Waals surface area contributed by atoms with E-state index in [-0.39, 0.29) is 30.1 Å². The molecule has 0 saturated carbocycles. The number of nitrogens with zero attached hydrogens (tertiary/aromatic N) is 6. The fourth-order valence-corrected chi connectivity index (χ4v) is 4.43. The SMILES string of the molecule is O=C(CC[C@@H]1CCCN1c1cc(C(F)(F)F)c(=O)[nH]n1)N1CCN(c2ncc(C(F)(F)F)cn2)CC1. The van der Waals surface area contributed by atoms with Gasteiger partial charge in [0.1, 0.15) is 11.4 Å². The molecule has 1 N–H and O–H groups in total. The lowest BCUT2D eigenvalue weighted by atomic mass is 10.1. The molecule has 4 heterocycles. The summed E-state index contributed by atoms with van der Waals surface area (Å²) in [4.78, 5) is 36.8. The van der Waals surface area contributed by atoms with Crippen LogP contribution in [0.3, 0.4) is 0 Å². The molecule has 2 aliphatic rings. The lowest BCUT2D eigenvalue weighted by Gasteiger charge is -2.35. The van der Waals surface area contributed by atoms with E-state index in [1.165, 1.54) is 0 Å². The smallest absolute Gasteiger partial charge is 0.352 e. The van der Waals surface area contributed by atoms with E-state index in [1.807, 2.05) is 5.10 Å². The zero-order chi connectivity index (χ0) is 26.1. The Morgan fingerprint density at radius 3 is 2.28 bits per heavy atom. The van der Waals surface area contributed by atoms with Gasteiger partial charge >= 0.3 is 12.4 Å². The molecule has 0 unspecified atom stereocenters. The van der Waals surface area contributed by atoms with Crippen LogP contribution >= 0.6 is 0 Å². The molecular weight excluding hydrogens is 496 g/mol. The van der Waals surface area contributed by atoms with Crippen molar-refractivity contribution in [3.63, 3.8) is 0 Å². The van der Waals surface area contributed by atoms with Crippen LogP contribution in [0, 0.1) is 0 Å². The lowest BCUT2D eigenvalue weighted by molar-refractivity contribution is -0.139. The second kappa shape index (κ2) is 9.93. The van der Waals surface area contributed by atoms with Gasteiger partial charge in [0.05, 0.1) is 5.56 Å². The zero-order valence-corrected chi connectivity index (χ0v) is 18.9. The molecule has 196 valence electrons. The monoisotopic (exact) mass is 519 g/mol. The number of anilines is 2. The first kappa shape index (κ1) is 25.7. The van der Waals surface area contributed by atoms with Crippen molar-refractivity contribution >= 4 is 17.7 Å². The van der Waals surface area contributed by atoms with Gasteiger partial charge in [-0.05, 0) is 19.3 Å². The Hall–Kier alpha value is -3.39. The number of halogens is 6. The van der Waals surface area contributed by atoms with Crippen molar-refractivity contribution < 1.29 is 31.1 Å². The first-order chi connectivity index (χ1) is 16.9. The second-order valence-corrected chi connectivity index (χ2v) is 8.63. The predicted molar refractivity (Wildman–Crippen MR) is 115 cm³/mol. The number of aromatic nitrogens is 4. The maximum atomic E-state index is 13.1. The zero-order valence-electron chi connectivity index (χ0n) is 18.9. The lowest BCUT2D eigenvalue weighted by Crippen LogP contribution is -2.49. The number of alkyl halides is 6. The quantitative estimate of drug-likeness (QED) is 0.607. The number of H-pyrrole nitrogens is 1. The van der Waals surface area contributed by atoms with Crippen molar-refractivity contribution in [1.29, 1.82) is 0 Å². The van der Waals surface area contributed by atoms with Crippen LogP contribution in [0.5, 0.6) is 0 Å². The highest BCUT2D eigenvalue weighted by Gasteiger charge is 2.36. The molecule has 9 nitrogen and oxygen atoms in total. The van der Waals surface area contributed by atoms with Crippen molar-refractivity contribution in [2.45, 2.75) is 44.1 Å². The van der Waals surface area contributed by atoms with Crippen LogP contribution in [-0.4, -0.2) is 69.7 Å². The van der Waals surface area contributed by atoms with Crippen LogP contribution in [0.4, 0.5) is 38.1 Å². The Morgan fingerprint density at radius 1 is 1.00 bits per heavy atom. The summed E-state index contributed by atoms with van der Waals surface area (Å²) in [6.45, 7) is 1.85. The van der Waals surface area contributed by atoms with E-state index in [0.717, 1.165) is 18.5 Å². The Morgan fingerprint density at radius 2 is 1.67 bits per heavy atom. The molecule has 2 fully saturated rings. The molecule has 15 heteroatoms. The number of hydrogen-bond donors (Lipinski definition) is 1. The summed E-state index contributed by atoms with van der Waals surface area (Å²) in [6.07, 6.45) is -5.90. The van der Waals surface area contributed by atoms with Gasteiger partial charge in [-0.3, -0.25) is 9.59 Å². The fraction of sp³-hybridized carbons (Fsp3) is 0.571. The molecule has 0 aromatic carbocycles. The molecule has 2 aliphatic heterocycles. The maximum Gasteiger partial charge on any atom is 0.421 e. The Bertz CT molecular complexity index is 1130. The number of carbonyl (C=O) groups excluding carboxylic acids is 1. The van der Waals surface area contributed by atoms with Crippen LogP contribution in [0.1, 0.15) is 36.8 Å². The van der Waals surface area contributed by atoms with Crippen molar-refractivity contribution in [3.05, 3.63) is 39.9 Å². The molecule has 1 atom stereocenters. The Balaban J connectivity index is 1.30. The van der Waals surface area contributed by atoms with Gasteiger partial charge in [-0.15, -0.1) is 0 Å². The molecule has 2 aromatic heterocycles. The number of hydrogen-bond acceptors (Lipinski definition) is 7. The molecule has 4 rings (SSSR count). The molecule has 0 bridgehead atoms. The van der Waals surface area contributed by atoms with Crippen LogP contribution in [0.15, 0.2) is 23.3 Å². The van der Waals surface area contributed by atoms with Gasteiger partial charge in [-0.25, -0.2) is 15.1 Å². The number of amides is 1. The van der Waals surface area contributed by atoms with Crippen molar-refractivity contribution in [2.75, 3.05) is 42.5 Å². The van der Waals surface area contributed by atoms with Crippen molar-refractivity contribution in [3.8, 4) is 0 Å². The molecule has 1 amide bonds. The standard InChI is InChI=1S/C21H23F6N7O2/c22-20(23,24)13-11-28-19(29-12-13)33-8-6-32(7-9-33)17(35)4-3-14-2-1-5-34(14)16-10-15(21(25,26)27)18(36)31-30-16/h10-12,14H,1-9H2,(H,31,36)/t14-/m0/s1. The third-order valence-electron chi connectivity index (χ3n) is 6.34. The number of carbonyl (C=O) groups is 1. The predicted octanol–water partition coefficient (Wildman–Crippen LogP) is 2.70. The average molecular weight is 519 g/mol. The molecule has 2 aromatic rings. The van der Waals surface area contributed by atoms with Crippen molar-refractivity contribution in [1.82, 2.24) is 25.1 Å². The van der Waals surface area contributed by atoms with Crippen LogP contribution in [0.25, 0.3) is 0 Å². The summed E-state index contributed by atoms with van der Waals surface area (Å²) >= 11 is 0. The topological polar surface area (TPSA) is 98.3 Å². The minimum atomic E-state index is -4.80. The van der Waals surface area contributed by atoms with Gasteiger partial charge < -0.3 is 14.7 Å². The van der Waals surface area contributed by atoms with Crippen LogP contribution in [-0.2, 0) is 17.1 Å². The molecule has 36 heavy (non-hydrogen) atoms. The summed E-state index contributed by atoms with van der Waals surface area (Å²) < 4.78 is 77.4. The van der Waals surface area contributed by atoms with E-state index in [0.29, 0.717) is 52.0 Å². The first-order valence-electron chi connectivity index (χ1n) is 11.3. The molecule has 0 aliphatic carbocycles. The van der Waals surface area contributed by atoms with Gasteiger partial charge in [0, 0.05) is 63.6 Å². The first-order valence-corrected chi connectivity index (χ1v) is 11.3. The number of rotatable bonds is 5. The minimum Gasteiger partial charge on any atom is -0.352 e. The van der Waals surface area contributed by atoms with E-state index in [2.05, 4.69) is 15.1 Å². The maximum absolute atomic E-state index is 13.1. The van der Waals surface area contributed by atoms with E-state index < -0.39 is 29.0 Å². The highest BCUT2D eigenvalue weighted by atomic mass is 19.4. The number of piperazine rings is 1. The molecule has 0 spiro atoms. The summed E-state index contributed by atoms with van der Waals surface area (Å²) in [5.74, 6) is 0.0469. The number of nitrogens with one attached hydrogen (secondary N) is 1. The summed E-state index contributed by atoms with van der Waals surface area (Å²) in [5, 5.41) is 5.68. The minimum absolute atomic E-state index is 0.0158. The summed E-state index contributed by atoms with van der Waals surface area (Å²) in [5.41, 5.74) is -3.56. The number of aromatic amines is 1. The van der Waals surface area contributed by atoms with E-state index >= 15 is 0 Å². The summed E-state index contributed by atoms with van der Waals surface area (Å²) in [7, 11) is 0. The van der Waals surface area contributed by atoms with Crippen LogP contribution in [0.2, 0.25) is 0 Å². The summed E-state index contributed by atoms with van der Waals surface area (Å²) in [6, 6.07) is 0.539. The third kappa shape index (κ3) is 5.70. The molecule has 2 saturated heterocycles. The van der Waals surface area contributed by atoms with E-state index in [9.17, 15) is 35.9 Å². The Labute approximate surface area is 201 Å². The molecule has 0 radical (unpaired) electrons. The van der Waals surface area contributed by atoms with E-state index in [4.69, 9.17) is 0 Å². The van der Waals surface area contributed by atoms with E-state index in [1.54, 1.807) is 14.7 Å². The molecular formula is C21H23F6N7O2. The van der Waals surface area contributed by atoms with Gasteiger partial charge in [0.2, 0.25) is 11.9 Å². The van der Waals surface area contributed by atoms with Gasteiger partial charge in [0.15, 0.2) is 0 Å². The highest BCUT2D eigenvalue weighted by Crippen LogP contribution is 2.32. The fourth-order valence-electron chi connectivity index (χ4n) is 4.43. The average Bonchev–Trinajstić information content (AvgIpc) is 3.30. The third-order valence-corrected chi connectivity index (χ3v) is 6.34. The largest absolute Gasteiger partial charge is 0.421 e. The van der Waals surface area contributed by atoms with Crippen LogP contribution < -0.4 is 15.4 Å². The second-order valence-electron chi connectivity index (χ2n) is 8.63.